The Morgan fingerprint density at radius 3 is 1.78 bits per heavy atom. The van der Waals surface area contributed by atoms with Gasteiger partial charge in [-0.15, -0.1) is 29.8 Å². The molecule has 0 aliphatic heterocycles. The molecule has 7 rings (SSSR count). The molecule has 0 radical (unpaired) electrons. The van der Waals surface area contributed by atoms with Crippen LogP contribution in [0.3, 0.4) is 0 Å². The fraction of sp³-hybridized carbons (Fsp3) is 0.365. The van der Waals surface area contributed by atoms with Crippen LogP contribution in [-0.2, 0) is 42.7 Å². The Bertz CT molecular complexity index is 3030. The maximum Gasteiger partial charge on any atom is 0.148 e. The second-order valence-electron chi connectivity index (χ2n) is 24.0. The smallest absolute Gasteiger partial charge is 0.148 e. The summed E-state index contributed by atoms with van der Waals surface area (Å²) in [6.07, 6.45) is 4.25. The Morgan fingerprint density at radius 2 is 1.20 bits per heavy atom. The molecule has 0 bridgehead atoms. The van der Waals surface area contributed by atoms with Crippen molar-refractivity contribution in [2.24, 2.45) is 5.41 Å². The first-order chi connectivity index (χ1) is 31.5. The number of imidazole rings is 1. The number of para-hydroxylation sites is 2. The molecule has 2 heterocycles. The Morgan fingerprint density at radius 1 is 0.623 bits per heavy atom. The number of phenolic OH excluding ortho intramolecular Hbond substituents is 1. The number of allylic oxidation sites excluding steroid dienone is 4. The summed E-state index contributed by atoms with van der Waals surface area (Å²) in [5.41, 5.74) is 16.7. The van der Waals surface area contributed by atoms with Crippen molar-refractivity contribution >= 4 is 22.3 Å². The summed E-state index contributed by atoms with van der Waals surface area (Å²) in [5, 5.41) is 12.5. The number of fused-ring (bicyclic) bond motifs is 1. The minimum absolute atomic E-state index is 0. The maximum atomic E-state index is 12.5. The molecule has 5 aromatic carbocycles. The fourth-order valence-electron chi connectivity index (χ4n) is 8.55. The van der Waals surface area contributed by atoms with Gasteiger partial charge in [0, 0.05) is 68.2 Å². The molecule has 0 aliphatic rings. The van der Waals surface area contributed by atoms with Gasteiger partial charge >= 0.3 is 0 Å². The molecule has 0 amide bonds. The van der Waals surface area contributed by atoms with E-state index in [1.54, 1.807) is 0 Å². The zero-order valence-corrected chi connectivity index (χ0v) is 46.9. The zero-order chi connectivity index (χ0) is 49.9. The third-order valence-corrected chi connectivity index (χ3v) is 13.6. The van der Waals surface area contributed by atoms with Crippen molar-refractivity contribution in [3.05, 3.63) is 167 Å². The van der Waals surface area contributed by atoms with E-state index in [4.69, 9.17) is 9.97 Å². The Labute approximate surface area is 429 Å². The predicted octanol–water partition coefficient (Wildman–Crippen LogP) is 17.0. The van der Waals surface area contributed by atoms with Crippen LogP contribution < -0.4 is 4.90 Å². The Balaban J connectivity index is 0.00000782. The van der Waals surface area contributed by atoms with E-state index in [2.05, 4.69) is 256 Å². The molecule has 1 N–H and O–H groups in total. The molecule has 0 unspecified atom stereocenters. The molecule has 0 atom stereocenters. The van der Waals surface area contributed by atoms with Crippen LogP contribution in [0.25, 0.3) is 56.1 Å². The number of aromatic nitrogens is 3. The number of anilines is 1. The van der Waals surface area contributed by atoms with Crippen molar-refractivity contribution in [2.75, 3.05) is 11.9 Å². The molecule has 0 spiro atoms. The van der Waals surface area contributed by atoms with Gasteiger partial charge in [-0.05, 0) is 106 Å². The number of nitrogens with zero attached hydrogens (tertiary/aromatic N) is 4. The molecule has 0 saturated carbocycles. The van der Waals surface area contributed by atoms with Crippen LogP contribution in [0.15, 0.2) is 133 Å². The fourth-order valence-corrected chi connectivity index (χ4v) is 8.55. The number of hydrogen-bond acceptors (Lipinski definition) is 4. The summed E-state index contributed by atoms with van der Waals surface area (Å²) in [4.78, 5) is 12.8. The first-order valence-electron chi connectivity index (χ1n) is 24.3. The van der Waals surface area contributed by atoms with Crippen molar-refractivity contribution in [3.63, 3.8) is 0 Å². The van der Waals surface area contributed by atoms with Gasteiger partial charge in [0.1, 0.15) is 11.6 Å². The predicted molar refractivity (Wildman–Crippen MR) is 291 cm³/mol. The number of hydrogen-bond donors (Lipinski definition) is 1. The number of benzene rings is 5. The number of phenols is 1. The molecule has 7 aromatic rings. The van der Waals surface area contributed by atoms with Gasteiger partial charge in [0.2, 0.25) is 0 Å². The van der Waals surface area contributed by atoms with Crippen LogP contribution in [0.4, 0.5) is 5.69 Å². The summed E-state index contributed by atoms with van der Waals surface area (Å²) in [5.74, 6) is 0.962. The summed E-state index contributed by atoms with van der Waals surface area (Å²) in [6, 6.07) is 42.7. The number of aromatic hydroxyl groups is 1. The van der Waals surface area contributed by atoms with E-state index in [9.17, 15) is 5.11 Å². The quantitative estimate of drug-likeness (QED) is 0.122. The van der Waals surface area contributed by atoms with Crippen LogP contribution in [-0.4, -0.2) is 26.7 Å². The summed E-state index contributed by atoms with van der Waals surface area (Å²) >= 11 is 0. The molecular formula is C63H75N4OPt-. The van der Waals surface area contributed by atoms with Crippen LogP contribution in [0.2, 0.25) is 0 Å². The summed E-state index contributed by atoms with van der Waals surface area (Å²) in [7, 11) is 2.13. The molecule has 364 valence electrons. The minimum Gasteiger partial charge on any atom is -0.507 e. The van der Waals surface area contributed by atoms with Gasteiger partial charge in [-0.25, -0.2) is 4.98 Å². The first-order valence-corrected chi connectivity index (χ1v) is 24.3. The number of pyridine rings is 1. The van der Waals surface area contributed by atoms with Crippen molar-refractivity contribution in [2.45, 2.75) is 139 Å². The average molecular weight is 1100 g/mol. The van der Waals surface area contributed by atoms with Crippen LogP contribution >= 0.6 is 0 Å². The van der Waals surface area contributed by atoms with Gasteiger partial charge in [-0.2, -0.15) is 0 Å². The largest absolute Gasteiger partial charge is 0.507 e. The van der Waals surface area contributed by atoms with Gasteiger partial charge in [-0.3, -0.25) is 9.55 Å². The second kappa shape index (κ2) is 19.4. The summed E-state index contributed by atoms with van der Waals surface area (Å²) < 4.78 is 2.28. The molecule has 2 aromatic heterocycles. The third kappa shape index (κ3) is 11.3. The molecule has 0 saturated heterocycles. The number of rotatable bonds is 8. The monoisotopic (exact) mass is 1100 g/mol. The molecule has 0 aliphatic carbocycles. The Hall–Kier alpha value is -5.51. The SMILES string of the molecule is C/C(=C(\C=C(/C)C(C)(C)C)c1ccnc(-c2[c-]c(-c3cccc4c3nc(-c3cc(C(C)(C)C)cc(C(C)(C)C)c3O)n4-c3cc(C(C)(C)C)cc(C(C)(C)C)c3)ccc2)c1)N(C)c1ccccc1.[Pt]. The van der Waals surface area contributed by atoms with E-state index in [0.29, 0.717) is 5.82 Å². The molecule has 69 heavy (non-hydrogen) atoms. The van der Waals surface area contributed by atoms with E-state index >= 15 is 0 Å². The standard InChI is InChI=1S/C63H75N4O.Pt/c1-40(59(3,4)5)32-51(41(2)66(18)48-26-20-19-21-27-48)43-30-31-64-54(34-43)44-25-22-24-42(33-44)50-28-23-29-55-56(50)65-58(52-38-47(62(12,13)14)39-53(57(52)68)63(15,16)17)67(55)49-36-45(60(6,7)8)35-46(37-49)61(9,10)11;/h19-32,34-39,68H,1-18H3;/q-1;/b40-32+,51-41-;. The van der Waals surface area contributed by atoms with Crippen LogP contribution in [0, 0.1) is 11.5 Å². The van der Waals surface area contributed by atoms with Crippen molar-refractivity contribution in [1.29, 1.82) is 0 Å². The van der Waals surface area contributed by atoms with Crippen molar-refractivity contribution in [3.8, 4) is 45.2 Å². The van der Waals surface area contributed by atoms with Gasteiger partial charge in [-0.1, -0.05) is 175 Å². The van der Waals surface area contributed by atoms with Crippen molar-refractivity contribution in [1.82, 2.24) is 14.5 Å². The first kappa shape index (κ1) is 52.9. The van der Waals surface area contributed by atoms with E-state index < -0.39 is 0 Å². The van der Waals surface area contributed by atoms with Crippen molar-refractivity contribution < 1.29 is 26.2 Å². The van der Waals surface area contributed by atoms with E-state index in [-0.39, 0.29) is 53.9 Å². The molecule has 0 fully saturated rings. The van der Waals surface area contributed by atoms with Gasteiger partial charge in [0.15, 0.2) is 0 Å². The Kier molecular flexibility index (Phi) is 14.8. The van der Waals surface area contributed by atoms with Crippen LogP contribution in [0.5, 0.6) is 5.75 Å². The minimum atomic E-state index is -0.316. The topological polar surface area (TPSA) is 54.2 Å². The normalized spacial score (nSPS) is 13.3. The molecule has 5 nitrogen and oxygen atoms in total. The summed E-state index contributed by atoms with van der Waals surface area (Å²) in [6.45, 7) is 38.1. The van der Waals surface area contributed by atoms with Gasteiger partial charge in [0.25, 0.3) is 0 Å². The average Bonchev–Trinajstić information content (AvgIpc) is 3.66. The van der Waals surface area contributed by atoms with Gasteiger partial charge in [0.05, 0.1) is 16.6 Å². The zero-order valence-electron chi connectivity index (χ0n) is 44.6. The van der Waals surface area contributed by atoms with E-state index in [1.165, 1.54) is 16.7 Å². The van der Waals surface area contributed by atoms with E-state index in [0.717, 1.165) is 78.3 Å². The molecular weight excluding hydrogens is 1020 g/mol. The maximum absolute atomic E-state index is 12.5. The third-order valence-electron chi connectivity index (χ3n) is 13.6. The van der Waals surface area contributed by atoms with E-state index in [1.807, 2.05) is 6.20 Å². The molecule has 6 heteroatoms. The van der Waals surface area contributed by atoms with Gasteiger partial charge < -0.3 is 10.0 Å². The van der Waals surface area contributed by atoms with Crippen LogP contribution in [0.1, 0.15) is 146 Å². The second-order valence-corrected chi connectivity index (χ2v) is 24.0.